The van der Waals surface area contributed by atoms with Crippen LogP contribution in [0, 0.1) is 11.3 Å². The van der Waals surface area contributed by atoms with Crippen molar-refractivity contribution in [1.29, 1.82) is 5.26 Å². The summed E-state index contributed by atoms with van der Waals surface area (Å²) >= 11 is 13.2. The summed E-state index contributed by atoms with van der Waals surface area (Å²) < 4.78 is 4.99. The number of hydrogen-bond donors (Lipinski definition) is 0. The van der Waals surface area contributed by atoms with Gasteiger partial charge in [0.15, 0.2) is 0 Å². The summed E-state index contributed by atoms with van der Waals surface area (Å²) in [6, 6.07) is 5.54. The largest absolute Gasteiger partial charge is 0.495 e. The minimum absolute atomic E-state index is 0.350. The number of methoxy groups -OCH3 is 1. The van der Waals surface area contributed by atoms with Gasteiger partial charge in [-0.25, -0.2) is 0 Å². The second kappa shape index (κ2) is 5.35. The predicted octanol–water partition coefficient (Wildman–Crippen LogP) is 3.62. The monoisotopic (exact) mass is 247 g/mol. The Kier molecular flexibility index (Phi) is 4.40. The lowest BCUT2D eigenvalue weighted by Gasteiger charge is -2.07. The Morgan fingerprint density at radius 3 is 2.71 bits per heavy atom. The first-order valence-electron chi connectivity index (χ1n) is 3.72. The molecular weight excluding hydrogens is 241 g/mol. The number of ether oxygens (including phenoxy) is 1. The quantitative estimate of drug-likeness (QED) is 0.766. The topological polar surface area (TPSA) is 33.0 Å². The molecule has 1 rings (SSSR count). The summed E-state index contributed by atoms with van der Waals surface area (Å²) in [5, 5.41) is 9.24. The second-order valence-electron chi connectivity index (χ2n) is 2.34. The minimum Gasteiger partial charge on any atom is -0.495 e. The van der Waals surface area contributed by atoms with Gasteiger partial charge < -0.3 is 4.74 Å². The number of hydrogen-bond acceptors (Lipinski definition) is 3. The van der Waals surface area contributed by atoms with Crippen molar-refractivity contribution in [2.45, 2.75) is 4.90 Å². The van der Waals surface area contributed by atoms with Crippen molar-refractivity contribution < 1.29 is 4.74 Å². The van der Waals surface area contributed by atoms with Gasteiger partial charge in [-0.3, -0.25) is 0 Å². The third-order valence-electron chi connectivity index (χ3n) is 1.52. The van der Waals surface area contributed by atoms with E-state index in [1.807, 2.05) is 6.07 Å². The molecule has 0 amide bonds. The first-order valence-corrected chi connectivity index (χ1v) is 5.46. The highest BCUT2D eigenvalue weighted by Crippen LogP contribution is 2.38. The van der Waals surface area contributed by atoms with Gasteiger partial charge in [0.2, 0.25) is 0 Å². The first kappa shape index (κ1) is 11.5. The molecule has 0 aliphatic carbocycles. The maximum absolute atomic E-state index is 8.42. The molecule has 74 valence electrons. The molecule has 2 nitrogen and oxygen atoms in total. The van der Waals surface area contributed by atoms with Crippen molar-refractivity contribution in [2.75, 3.05) is 12.9 Å². The molecule has 0 heterocycles. The lowest BCUT2D eigenvalue weighted by Crippen LogP contribution is -1.86. The molecule has 0 N–H and O–H groups in total. The van der Waals surface area contributed by atoms with Crippen molar-refractivity contribution in [2.24, 2.45) is 0 Å². The maximum Gasteiger partial charge on any atom is 0.139 e. The van der Waals surface area contributed by atoms with Crippen molar-refractivity contribution in [3.8, 4) is 11.8 Å². The third kappa shape index (κ3) is 2.48. The van der Waals surface area contributed by atoms with Gasteiger partial charge in [-0.1, -0.05) is 23.2 Å². The Hall–Kier alpha value is -0.560. The SMILES string of the molecule is COc1ccc(SCC#N)c(Cl)c1Cl. The van der Waals surface area contributed by atoms with Crippen LogP contribution in [0.4, 0.5) is 0 Å². The molecule has 0 saturated heterocycles. The number of benzene rings is 1. The number of halogens is 2. The molecule has 0 radical (unpaired) electrons. The third-order valence-corrected chi connectivity index (χ3v) is 3.42. The van der Waals surface area contributed by atoms with E-state index in [1.54, 1.807) is 12.1 Å². The average molecular weight is 248 g/mol. The average Bonchev–Trinajstić information content (AvgIpc) is 2.20. The van der Waals surface area contributed by atoms with E-state index in [2.05, 4.69) is 0 Å². The summed E-state index contributed by atoms with van der Waals surface area (Å²) in [7, 11) is 1.53. The molecule has 0 aliphatic heterocycles. The first-order chi connectivity index (χ1) is 6.70. The fraction of sp³-hybridized carbons (Fsp3) is 0.222. The van der Waals surface area contributed by atoms with E-state index in [0.29, 0.717) is 21.5 Å². The lowest BCUT2D eigenvalue weighted by atomic mass is 10.3. The van der Waals surface area contributed by atoms with Crippen LogP contribution < -0.4 is 4.74 Å². The van der Waals surface area contributed by atoms with Gasteiger partial charge >= 0.3 is 0 Å². The zero-order chi connectivity index (χ0) is 10.6. The molecule has 0 fully saturated rings. The predicted molar refractivity (Wildman–Crippen MR) is 59.4 cm³/mol. The van der Waals surface area contributed by atoms with Gasteiger partial charge in [0, 0.05) is 4.90 Å². The Bertz CT molecular complexity index is 376. The van der Waals surface area contributed by atoms with Crippen molar-refractivity contribution in [3.05, 3.63) is 22.2 Å². The molecule has 0 bridgehead atoms. The van der Waals surface area contributed by atoms with Gasteiger partial charge in [-0.05, 0) is 12.1 Å². The van der Waals surface area contributed by atoms with E-state index in [-0.39, 0.29) is 0 Å². The van der Waals surface area contributed by atoms with Crippen LogP contribution in [0.5, 0.6) is 5.75 Å². The Morgan fingerprint density at radius 2 is 2.14 bits per heavy atom. The number of rotatable bonds is 3. The van der Waals surface area contributed by atoms with Crippen LogP contribution in [0.15, 0.2) is 17.0 Å². The number of nitrogens with zero attached hydrogens (tertiary/aromatic N) is 1. The zero-order valence-electron chi connectivity index (χ0n) is 7.38. The Morgan fingerprint density at radius 1 is 1.43 bits per heavy atom. The van der Waals surface area contributed by atoms with Gasteiger partial charge in [0.05, 0.1) is 24.0 Å². The summed E-state index contributed by atoms with van der Waals surface area (Å²) in [6.45, 7) is 0. The van der Waals surface area contributed by atoms with Crippen LogP contribution in [-0.4, -0.2) is 12.9 Å². The highest BCUT2D eigenvalue weighted by Gasteiger charge is 2.10. The summed E-state index contributed by atoms with van der Waals surface area (Å²) in [6.07, 6.45) is 0. The van der Waals surface area contributed by atoms with Crippen LogP contribution >= 0.6 is 35.0 Å². The molecule has 0 atom stereocenters. The van der Waals surface area contributed by atoms with Crippen LogP contribution in [0.25, 0.3) is 0 Å². The molecule has 0 aromatic heterocycles. The molecule has 1 aromatic rings. The lowest BCUT2D eigenvalue weighted by molar-refractivity contribution is 0.415. The van der Waals surface area contributed by atoms with Gasteiger partial charge in [0.25, 0.3) is 0 Å². The van der Waals surface area contributed by atoms with E-state index >= 15 is 0 Å². The van der Waals surface area contributed by atoms with Crippen molar-refractivity contribution in [1.82, 2.24) is 0 Å². The molecule has 0 saturated carbocycles. The van der Waals surface area contributed by atoms with E-state index in [4.69, 9.17) is 33.2 Å². The zero-order valence-corrected chi connectivity index (χ0v) is 9.71. The number of nitriles is 1. The second-order valence-corrected chi connectivity index (χ2v) is 4.11. The standard InChI is InChI=1S/C9H7Cl2NOS/c1-13-6-2-3-7(14-5-4-12)9(11)8(6)10/h2-3H,5H2,1H3. The molecule has 14 heavy (non-hydrogen) atoms. The van der Waals surface area contributed by atoms with Crippen LogP contribution in [0.3, 0.4) is 0 Å². The highest BCUT2D eigenvalue weighted by atomic mass is 35.5. The normalized spacial score (nSPS) is 9.57. The molecule has 0 spiro atoms. The van der Waals surface area contributed by atoms with Crippen LogP contribution in [0.2, 0.25) is 10.0 Å². The fourth-order valence-corrected chi connectivity index (χ4v) is 2.12. The number of thioether (sulfide) groups is 1. The van der Waals surface area contributed by atoms with E-state index in [0.717, 1.165) is 4.90 Å². The Labute approximate surface area is 96.8 Å². The molecular formula is C9H7Cl2NOS. The smallest absolute Gasteiger partial charge is 0.139 e. The van der Waals surface area contributed by atoms with Gasteiger partial charge in [0.1, 0.15) is 10.8 Å². The van der Waals surface area contributed by atoms with Gasteiger partial charge in [-0.15, -0.1) is 11.8 Å². The van der Waals surface area contributed by atoms with Gasteiger partial charge in [-0.2, -0.15) is 5.26 Å². The van der Waals surface area contributed by atoms with Crippen LogP contribution in [0.1, 0.15) is 0 Å². The molecule has 0 unspecified atom stereocenters. The van der Waals surface area contributed by atoms with Crippen molar-refractivity contribution in [3.63, 3.8) is 0 Å². The summed E-state index contributed by atoms with van der Waals surface area (Å²) in [4.78, 5) is 0.791. The molecule has 1 aromatic carbocycles. The van der Waals surface area contributed by atoms with E-state index < -0.39 is 0 Å². The highest BCUT2D eigenvalue weighted by molar-refractivity contribution is 7.99. The molecule has 5 heteroatoms. The fourth-order valence-electron chi connectivity index (χ4n) is 0.893. The Balaban J connectivity index is 2.99. The summed E-state index contributed by atoms with van der Waals surface area (Å²) in [5.41, 5.74) is 0. The van der Waals surface area contributed by atoms with E-state index in [1.165, 1.54) is 18.9 Å². The van der Waals surface area contributed by atoms with E-state index in [9.17, 15) is 0 Å². The summed E-state index contributed by atoms with van der Waals surface area (Å²) in [5.74, 6) is 0.889. The molecule has 0 aliphatic rings. The van der Waals surface area contributed by atoms with Crippen LogP contribution in [-0.2, 0) is 0 Å². The van der Waals surface area contributed by atoms with Crippen molar-refractivity contribution >= 4 is 35.0 Å². The minimum atomic E-state index is 0.350. The maximum atomic E-state index is 8.42.